The molecule has 2 heterocycles. The molecule has 1 N–H and O–H groups in total. The third-order valence-corrected chi connectivity index (χ3v) is 3.94. The van der Waals surface area contributed by atoms with Crippen LogP contribution in [0, 0.1) is 10.1 Å². The zero-order valence-electron chi connectivity index (χ0n) is 12.5. The Morgan fingerprint density at radius 3 is 2.50 bits per heavy atom. The summed E-state index contributed by atoms with van der Waals surface area (Å²) in [6, 6.07) is 7.99. The van der Waals surface area contributed by atoms with Crippen molar-refractivity contribution in [2.45, 2.75) is 19.3 Å². The number of rotatable bonds is 4. The van der Waals surface area contributed by atoms with Gasteiger partial charge in [0.05, 0.1) is 0 Å². The van der Waals surface area contributed by atoms with Crippen LogP contribution in [0.4, 0.5) is 23.0 Å². The van der Waals surface area contributed by atoms with Crippen molar-refractivity contribution in [3.8, 4) is 0 Å². The van der Waals surface area contributed by atoms with E-state index in [9.17, 15) is 10.1 Å². The van der Waals surface area contributed by atoms with Crippen molar-refractivity contribution in [2.75, 3.05) is 23.3 Å². The van der Waals surface area contributed by atoms with Crippen LogP contribution in [0.15, 0.2) is 30.6 Å². The number of nitrogens with one attached hydrogen (secondary N) is 1. The molecule has 1 aromatic carbocycles. The molecule has 7 heteroatoms. The minimum Gasteiger partial charge on any atom is -0.372 e. The fourth-order valence-corrected chi connectivity index (χ4v) is 2.74. The fraction of sp³-hybridized carbons (Fsp3) is 0.400. The number of hydrogen-bond acceptors (Lipinski definition) is 5. The summed E-state index contributed by atoms with van der Waals surface area (Å²) in [6.07, 6.45) is 5.21. The van der Waals surface area contributed by atoms with E-state index in [4.69, 9.17) is 0 Å². The van der Waals surface area contributed by atoms with E-state index in [2.05, 4.69) is 27.3 Å². The molecule has 0 unspecified atom stereocenters. The summed E-state index contributed by atoms with van der Waals surface area (Å²) in [5, 5.41) is 14.0. The normalized spacial score (nSPS) is 14.9. The van der Waals surface area contributed by atoms with Gasteiger partial charge in [-0.05, 0) is 53.4 Å². The minimum atomic E-state index is -0.482. The smallest absolute Gasteiger partial charge is 0.372 e. The zero-order valence-corrected chi connectivity index (χ0v) is 12.5. The Bertz CT molecular complexity index is 659. The van der Waals surface area contributed by atoms with Gasteiger partial charge in [-0.15, -0.1) is 0 Å². The molecule has 0 bridgehead atoms. The van der Waals surface area contributed by atoms with Gasteiger partial charge in [-0.3, -0.25) is 4.57 Å². The Labute approximate surface area is 128 Å². The summed E-state index contributed by atoms with van der Waals surface area (Å²) in [5.41, 5.74) is 2.01. The molecule has 0 aliphatic carbocycles. The maximum Gasteiger partial charge on any atom is 0.406 e. The van der Waals surface area contributed by atoms with Crippen molar-refractivity contribution in [1.29, 1.82) is 0 Å². The van der Waals surface area contributed by atoms with Crippen LogP contribution in [0.5, 0.6) is 0 Å². The van der Waals surface area contributed by atoms with Crippen LogP contribution in [0.2, 0.25) is 0 Å². The van der Waals surface area contributed by atoms with Crippen molar-refractivity contribution in [2.24, 2.45) is 7.05 Å². The molecule has 2 aromatic rings. The molecule has 1 aliphatic rings. The topological polar surface area (TPSA) is 76.2 Å². The first-order chi connectivity index (χ1) is 10.6. The molecule has 0 saturated carbocycles. The van der Waals surface area contributed by atoms with Gasteiger partial charge in [0.1, 0.15) is 0 Å². The number of nitrogens with zero attached hydrogens (tertiary/aromatic N) is 4. The van der Waals surface area contributed by atoms with Gasteiger partial charge in [-0.2, -0.15) is 0 Å². The van der Waals surface area contributed by atoms with Gasteiger partial charge in [0.25, 0.3) is 0 Å². The summed E-state index contributed by atoms with van der Waals surface area (Å²) in [6.45, 7) is 2.19. The number of imidazole rings is 1. The third kappa shape index (κ3) is 2.88. The molecular weight excluding hydrogens is 282 g/mol. The van der Waals surface area contributed by atoms with E-state index in [-0.39, 0.29) is 5.82 Å². The van der Waals surface area contributed by atoms with Crippen LogP contribution in [0.3, 0.4) is 0 Å². The predicted octanol–water partition coefficient (Wildman–Crippen LogP) is 3.06. The van der Waals surface area contributed by atoms with E-state index in [1.807, 2.05) is 12.1 Å². The molecule has 1 aliphatic heterocycles. The maximum atomic E-state index is 11.0. The molecule has 7 nitrogen and oxygen atoms in total. The number of anilines is 3. The Balaban J connectivity index is 1.76. The first kappa shape index (κ1) is 14.4. The molecule has 0 amide bonds. The summed E-state index contributed by atoms with van der Waals surface area (Å²) in [7, 11) is 1.73. The largest absolute Gasteiger partial charge is 0.406 e. The highest BCUT2D eigenvalue weighted by atomic mass is 16.6. The van der Waals surface area contributed by atoms with Crippen LogP contribution >= 0.6 is 0 Å². The van der Waals surface area contributed by atoms with Crippen LogP contribution in [0.1, 0.15) is 19.3 Å². The van der Waals surface area contributed by atoms with E-state index in [1.54, 1.807) is 11.6 Å². The maximum absolute atomic E-state index is 11.0. The first-order valence-electron chi connectivity index (χ1n) is 7.43. The number of hydrogen-bond donors (Lipinski definition) is 1. The van der Waals surface area contributed by atoms with Gasteiger partial charge >= 0.3 is 5.82 Å². The van der Waals surface area contributed by atoms with Crippen molar-refractivity contribution in [1.82, 2.24) is 9.55 Å². The molecule has 3 rings (SSSR count). The molecule has 22 heavy (non-hydrogen) atoms. The monoisotopic (exact) mass is 301 g/mol. The lowest BCUT2D eigenvalue weighted by Crippen LogP contribution is -2.29. The van der Waals surface area contributed by atoms with Crippen molar-refractivity contribution in [3.05, 3.63) is 40.7 Å². The van der Waals surface area contributed by atoms with Crippen LogP contribution < -0.4 is 10.2 Å². The first-order valence-corrected chi connectivity index (χ1v) is 7.43. The van der Waals surface area contributed by atoms with E-state index in [1.165, 1.54) is 31.3 Å². The Kier molecular flexibility index (Phi) is 3.95. The van der Waals surface area contributed by atoms with Gasteiger partial charge in [0.15, 0.2) is 0 Å². The summed E-state index contributed by atoms with van der Waals surface area (Å²) >= 11 is 0. The lowest BCUT2D eigenvalue weighted by molar-refractivity contribution is -0.388. The lowest BCUT2D eigenvalue weighted by atomic mass is 10.1. The predicted molar refractivity (Wildman–Crippen MR) is 85.7 cm³/mol. The van der Waals surface area contributed by atoms with Gasteiger partial charge in [-0.25, -0.2) is 0 Å². The van der Waals surface area contributed by atoms with Gasteiger partial charge < -0.3 is 20.3 Å². The SMILES string of the molecule is Cn1cnc([N+](=O)[O-])c1Nc1ccc(N2CCCCC2)cc1. The second-order valence-corrected chi connectivity index (χ2v) is 5.50. The summed E-state index contributed by atoms with van der Waals surface area (Å²) in [4.78, 5) is 16.7. The number of nitro groups is 1. The second kappa shape index (κ2) is 6.05. The van der Waals surface area contributed by atoms with Crippen molar-refractivity contribution < 1.29 is 4.92 Å². The number of benzene rings is 1. The molecule has 1 saturated heterocycles. The van der Waals surface area contributed by atoms with Crippen molar-refractivity contribution in [3.63, 3.8) is 0 Å². The average Bonchev–Trinajstić information content (AvgIpc) is 2.90. The van der Waals surface area contributed by atoms with Gasteiger partial charge in [0.2, 0.25) is 12.1 Å². The molecule has 0 spiro atoms. The number of aryl methyl sites for hydroxylation is 1. The van der Waals surface area contributed by atoms with E-state index < -0.39 is 4.92 Å². The van der Waals surface area contributed by atoms with Crippen LogP contribution in [-0.2, 0) is 7.05 Å². The van der Waals surface area contributed by atoms with E-state index in [0.29, 0.717) is 5.82 Å². The average molecular weight is 301 g/mol. The summed E-state index contributed by atoms with van der Waals surface area (Å²) in [5.74, 6) is 0.221. The van der Waals surface area contributed by atoms with Crippen molar-refractivity contribution >= 4 is 23.0 Å². The fourth-order valence-electron chi connectivity index (χ4n) is 2.74. The van der Waals surface area contributed by atoms with Crippen LogP contribution in [0.25, 0.3) is 0 Å². The Morgan fingerprint density at radius 1 is 1.18 bits per heavy atom. The quantitative estimate of drug-likeness (QED) is 0.693. The standard InChI is InChI=1S/C15H19N5O2/c1-18-11-16-14(20(21)22)15(18)17-12-5-7-13(8-6-12)19-9-3-2-4-10-19/h5-8,11,17H,2-4,9-10H2,1H3. The van der Waals surface area contributed by atoms with E-state index >= 15 is 0 Å². The highest BCUT2D eigenvalue weighted by molar-refractivity contribution is 5.65. The van der Waals surface area contributed by atoms with Gasteiger partial charge in [-0.1, -0.05) is 0 Å². The highest BCUT2D eigenvalue weighted by Crippen LogP contribution is 2.27. The molecule has 0 radical (unpaired) electrons. The number of aromatic nitrogens is 2. The molecule has 1 aromatic heterocycles. The van der Waals surface area contributed by atoms with Gasteiger partial charge in [0, 0.05) is 31.5 Å². The highest BCUT2D eigenvalue weighted by Gasteiger charge is 2.20. The molecule has 1 fully saturated rings. The lowest BCUT2D eigenvalue weighted by Gasteiger charge is -2.28. The van der Waals surface area contributed by atoms with E-state index in [0.717, 1.165) is 18.8 Å². The Hall–Kier alpha value is -2.57. The third-order valence-electron chi connectivity index (χ3n) is 3.94. The molecule has 116 valence electrons. The Morgan fingerprint density at radius 2 is 1.86 bits per heavy atom. The molecular formula is C15H19N5O2. The molecule has 0 atom stereocenters. The summed E-state index contributed by atoms with van der Waals surface area (Å²) < 4.78 is 1.61. The van der Waals surface area contributed by atoms with Crippen LogP contribution in [-0.4, -0.2) is 27.6 Å². The number of piperidine rings is 1. The second-order valence-electron chi connectivity index (χ2n) is 5.50. The zero-order chi connectivity index (χ0) is 15.5. The minimum absolute atomic E-state index is 0.164.